The zero-order chi connectivity index (χ0) is 17.9. The average Bonchev–Trinajstić information content (AvgIpc) is 2.64. The first-order valence-corrected chi connectivity index (χ1v) is 10.2. The number of aliphatic carboxylic acids is 1. The molecule has 1 fully saturated rings. The van der Waals surface area contributed by atoms with Crippen molar-refractivity contribution in [3.8, 4) is 5.75 Å². The van der Waals surface area contributed by atoms with Gasteiger partial charge < -0.3 is 9.84 Å². The number of carboxylic acid groups (broad SMARTS) is 1. The van der Waals surface area contributed by atoms with Crippen LogP contribution in [0.3, 0.4) is 0 Å². The van der Waals surface area contributed by atoms with Gasteiger partial charge in [0, 0.05) is 0 Å². The Labute approximate surface area is 152 Å². The van der Waals surface area contributed by atoms with E-state index in [2.05, 4.69) is 31.2 Å². The zero-order valence-corrected chi connectivity index (χ0v) is 15.7. The molecule has 25 heavy (non-hydrogen) atoms. The lowest BCUT2D eigenvalue weighted by Gasteiger charge is -2.26. The van der Waals surface area contributed by atoms with Gasteiger partial charge in [0.25, 0.3) is 0 Å². The molecule has 3 heteroatoms. The predicted molar refractivity (Wildman–Crippen MR) is 102 cm³/mol. The summed E-state index contributed by atoms with van der Waals surface area (Å²) in [5, 5.41) is 9.09. The standard InChI is InChI=1S/C22H34O3/c1-2-3-4-5-6-7-8-17-25-21-15-13-19(14-16-21)18-9-11-20(12-10-18)22(23)24/h13-16,18,20H,2-12,17H2,1H3,(H,23,24). The van der Waals surface area contributed by atoms with Crippen LogP contribution in [0.5, 0.6) is 5.75 Å². The minimum atomic E-state index is -0.632. The number of hydrogen-bond donors (Lipinski definition) is 1. The number of unbranched alkanes of at least 4 members (excludes halogenated alkanes) is 6. The van der Waals surface area contributed by atoms with Crippen molar-refractivity contribution in [1.82, 2.24) is 0 Å². The normalized spacial score (nSPS) is 20.4. The summed E-state index contributed by atoms with van der Waals surface area (Å²) < 4.78 is 5.85. The summed E-state index contributed by atoms with van der Waals surface area (Å²) in [7, 11) is 0. The zero-order valence-electron chi connectivity index (χ0n) is 15.7. The van der Waals surface area contributed by atoms with Gasteiger partial charge in [0.2, 0.25) is 0 Å². The molecule has 0 unspecified atom stereocenters. The van der Waals surface area contributed by atoms with Gasteiger partial charge in [0.05, 0.1) is 12.5 Å². The molecule has 0 aliphatic heterocycles. The molecule has 0 amide bonds. The largest absolute Gasteiger partial charge is 0.494 e. The van der Waals surface area contributed by atoms with Crippen LogP contribution in [0.25, 0.3) is 0 Å². The first-order valence-electron chi connectivity index (χ1n) is 10.2. The van der Waals surface area contributed by atoms with Gasteiger partial charge in [-0.15, -0.1) is 0 Å². The number of carbonyl (C=O) groups is 1. The van der Waals surface area contributed by atoms with E-state index in [1.54, 1.807) is 0 Å². The molecule has 3 nitrogen and oxygen atoms in total. The fourth-order valence-corrected chi connectivity index (χ4v) is 3.76. The van der Waals surface area contributed by atoms with Crippen molar-refractivity contribution < 1.29 is 14.6 Å². The van der Waals surface area contributed by atoms with Crippen molar-refractivity contribution in [2.45, 2.75) is 83.5 Å². The van der Waals surface area contributed by atoms with Gasteiger partial charge in [-0.1, -0.05) is 57.6 Å². The van der Waals surface area contributed by atoms with Crippen molar-refractivity contribution in [2.75, 3.05) is 6.61 Å². The number of carboxylic acids is 1. The number of hydrogen-bond acceptors (Lipinski definition) is 2. The van der Waals surface area contributed by atoms with Gasteiger partial charge in [-0.25, -0.2) is 0 Å². The van der Waals surface area contributed by atoms with Crippen LogP contribution in [0.1, 0.15) is 89.0 Å². The van der Waals surface area contributed by atoms with Crippen LogP contribution >= 0.6 is 0 Å². The van der Waals surface area contributed by atoms with Crippen molar-refractivity contribution in [3.05, 3.63) is 29.8 Å². The topological polar surface area (TPSA) is 46.5 Å². The van der Waals surface area contributed by atoms with Gasteiger partial charge >= 0.3 is 5.97 Å². The van der Waals surface area contributed by atoms with E-state index in [1.165, 1.54) is 44.1 Å². The predicted octanol–water partition coefficient (Wildman–Crippen LogP) is 6.17. The van der Waals surface area contributed by atoms with Gasteiger partial charge in [-0.3, -0.25) is 4.79 Å². The average molecular weight is 347 g/mol. The molecule has 0 bridgehead atoms. The molecule has 0 heterocycles. The van der Waals surface area contributed by atoms with E-state index >= 15 is 0 Å². The van der Waals surface area contributed by atoms with E-state index in [0.717, 1.165) is 44.5 Å². The lowest BCUT2D eigenvalue weighted by molar-refractivity contribution is -0.142. The SMILES string of the molecule is CCCCCCCCCOc1ccc(C2CCC(C(=O)O)CC2)cc1. The fourth-order valence-electron chi connectivity index (χ4n) is 3.76. The summed E-state index contributed by atoms with van der Waals surface area (Å²) >= 11 is 0. The highest BCUT2D eigenvalue weighted by atomic mass is 16.5. The molecule has 0 saturated heterocycles. The Balaban J connectivity index is 1.62. The van der Waals surface area contributed by atoms with E-state index in [-0.39, 0.29) is 5.92 Å². The van der Waals surface area contributed by atoms with Crippen LogP contribution in [-0.2, 0) is 4.79 Å². The molecule has 1 aromatic carbocycles. The minimum Gasteiger partial charge on any atom is -0.494 e. The molecule has 2 rings (SSSR count). The monoisotopic (exact) mass is 346 g/mol. The summed E-state index contributed by atoms with van der Waals surface area (Å²) in [5.41, 5.74) is 1.33. The molecule has 1 saturated carbocycles. The molecule has 1 N–H and O–H groups in total. The number of ether oxygens (including phenoxy) is 1. The summed E-state index contributed by atoms with van der Waals surface area (Å²) in [5.74, 6) is 0.690. The summed E-state index contributed by atoms with van der Waals surface area (Å²) in [4.78, 5) is 11.0. The molecule has 0 atom stereocenters. The third-order valence-electron chi connectivity index (χ3n) is 5.44. The van der Waals surface area contributed by atoms with E-state index in [0.29, 0.717) is 5.92 Å². The first kappa shape index (κ1) is 19.8. The van der Waals surface area contributed by atoms with Gasteiger partial charge in [-0.2, -0.15) is 0 Å². The molecule has 0 radical (unpaired) electrons. The maximum atomic E-state index is 11.0. The Morgan fingerprint density at radius 1 is 0.960 bits per heavy atom. The van der Waals surface area contributed by atoms with Crippen molar-refractivity contribution in [2.24, 2.45) is 5.92 Å². The molecular weight excluding hydrogens is 312 g/mol. The number of rotatable bonds is 11. The summed E-state index contributed by atoms with van der Waals surface area (Å²) in [6.45, 7) is 3.05. The Bertz CT molecular complexity index is 486. The van der Waals surface area contributed by atoms with Crippen LogP contribution in [0.15, 0.2) is 24.3 Å². The molecule has 0 spiro atoms. The maximum Gasteiger partial charge on any atom is 0.306 e. The van der Waals surface area contributed by atoms with E-state index < -0.39 is 5.97 Å². The quantitative estimate of drug-likeness (QED) is 0.487. The Hall–Kier alpha value is -1.51. The van der Waals surface area contributed by atoms with Crippen LogP contribution in [-0.4, -0.2) is 17.7 Å². The minimum absolute atomic E-state index is 0.138. The second kappa shape index (κ2) is 11.2. The number of benzene rings is 1. The maximum absolute atomic E-state index is 11.0. The van der Waals surface area contributed by atoms with E-state index in [1.807, 2.05) is 0 Å². The van der Waals surface area contributed by atoms with Gasteiger partial charge in [0.1, 0.15) is 5.75 Å². The Morgan fingerprint density at radius 2 is 1.56 bits per heavy atom. The Kier molecular flexibility index (Phi) is 8.85. The van der Waals surface area contributed by atoms with Gasteiger partial charge in [0.15, 0.2) is 0 Å². The highest BCUT2D eigenvalue weighted by Crippen LogP contribution is 2.36. The highest BCUT2D eigenvalue weighted by molar-refractivity contribution is 5.70. The lowest BCUT2D eigenvalue weighted by Crippen LogP contribution is -2.20. The second-order valence-electron chi connectivity index (χ2n) is 7.43. The third kappa shape index (κ3) is 7.09. The molecule has 1 aromatic rings. The van der Waals surface area contributed by atoms with Crippen LogP contribution in [0.4, 0.5) is 0 Å². The van der Waals surface area contributed by atoms with Crippen LogP contribution < -0.4 is 4.74 Å². The second-order valence-corrected chi connectivity index (χ2v) is 7.43. The molecular formula is C22H34O3. The summed E-state index contributed by atoms with van der Waals surface area (Å²) in [6, 6.07) is 8.46. The Morgan fingerprint density at radius 3 is 2.16 bits per heavy atom. The first-order chi connectivity index (χ1) is 12.2. The third-order valence-corrected chi connectivity index (χ3v) is 5.44. The van der Waals surface area contributed by atoms with Crippen LogP contribution in [0.2, 0.25) is 0 Å². The van der Waals surface area contributed by atoms with Crippen molar-refractivity contribution in [1.29, 1.82) is 0 Å². The smallest absolute Gasteiger partial charge is 0.306 e. The molecule has 1 aliphatic rings. The molecule has 1 aliphatic carbocycles. The lowest BCUT2D eigenvalue weighted by atomic mass is 9.79. The van der Waals surface area contributed by atoms with Crippen molar-refractivity contribution >= 4 is 5.97 Å². The van der Waals surface area contributed by atoms with Gasteiger partial charge in [-0.05, 0) is 55.7 Å². The fraction of sp³-hybridized carbons (Fsp3) is 0.682. The van der Waals surface area contributed by atoms with E-state index in [4.69, 9.17) is 9.84 Å². The molecule has 140 valence electrons. The van der Waals surface area contributed by atoms with Crippen LogP contribution in [0, 0.1) is 5.92 Å². The summed E-state index contributed by atoms with van der Waals surface area (Å²) in [6.07, 6.45) is 12.7. The highest BCUT2D eigenvalue weighted by Gasteiger charge is 2.26. The molecule has 0 aromatic heterocycles. The van der Waals surface area contributed by atoms with E-state index in [9.17, 15) is 4.79 Å². The van der Waals surface area contributed by atoms with Crippen molar-refractivity contribution in [3.63, 3.8) is 0 Å².